The van der Waals surface area contributed by atoms with E-state index in [4.69, 9.17) is 4.74 Å². The van der Waals surface area contributed by atoms with Crippen LogP contribution in [0.2, 0.25) is 0 Å². The van der Waals surface area contributed by atoms with Gasteiger partial charge in [-0.2, -0.15) is 4.31 Å². The first-order valence-electron chi connectivity index (χ1n) is 10.0. The van der Waals surface area contributed by atoms with Gasteiger partial charge in [-0.25, -0.2) is 8.42 Å². The van der Waals surface area contributed by atoms with E-state index in [9.17, 15) is 13.2 Å². The highest BCUT2D eigenvalue weighted by atomic mass is 32.2. The topological polar surface area (TPSA) is 70.2 Å². The molecule has 0 spiro atoms. The zero-order valence-electron chi connectivity index (χ0n) is 17.0. The molecule has 8 heteroatoms. The molecule has 0 bridgehead atoms. The standard InChI is InChI=1S/C20H31N3O4S/c1-16-14-23(15-17(2)27-16)28(25,26)19-8-6-18(7-9-19)20(24)21(3)12-13-22-10-4-5-11-22/h6-9,16-17H,4-5,10-15H2,1-3H3. The van der Waals surface area contributed by atoms with Crippen LogP contribution in [0.25, 0.3) is 0 Å². The number of nitrogens with zero attached hydrogens (tertiary/aromatic N) is 3. The highest BCUT2D eigenvalue weighted by Gasteiger charge is 2.32. The molecular weight excluding hydrogens is 378 g/mol. The summed E-state index contributed by atoms with van der Waals surface area (Å²) in [6.07, 6.45) is 2.19. The molecule has 156 valence electrons. The molecule has 3 rings (SSSR count). The Hall–Kier alpha value is -1.48. The predicted molar refractivity (Wildman–Crippen MR) is 108 cm³/mol. The maximum absolute atomic E-state index is 12.9. The van der Waals surface area contributed by atoms with Gasteiger partial charge in [-0.3, -0.25) is 4.79 Å². The maximum Gasteiger partial charge on any atom is 0.253 e. The summed E-state index contributed by atoms with van der Waals surface area (Å²) in [5, 5.41) is 0. The van der Waals surface area contributed by atoms with E-state index in [1.165, 1.54) is 29.3 Å². The van der Waals surface area contributed by atoms with Crippen molar-refractivity contribution in [3.05, 3.63) is 29.8 Å². The zero-order chi connectivity index (χ0) is 20.3. The Morgan fingerprint density at radius 1 is 1.11 bits per heavy atom. The lowest BCUT2D eigenvalue weighted by Gasteiger charge is -2.34. The van der Waals surface area contributed by atoms with E-state index in [1.807, 2.05) is 13.8 Å². The average Bonchev–Trinajstić information content (AvgIpc) is 3.18. The van der Waals surface area contributed by atoms with Crippen LogP contribution in [0.15, 0.2) is 29.2 Å². The minimum Gasteiger partial charge on any atom is -0.373 e. The van der Waals surface area contributed by atoms with Crippen LogP contribution in [-0.4, -0.2) is 87.0 Å². The quantitative estimate of drug-likeness (QED) is 0.715. The van der Waals surface area contributed by atoms with Crippen molar-refractivity contribution in [2.75, 3.05) is 46.3 Å². The first-order chi connectivity index (χ1) is 13.3. The van der Waals surface area contributed by atoms with Crippen LogP contribution in [0.1, 0.15) is 37.0 Å². The maximum atomic E-state index is 12.9. The van der Waals surface area contributed by atoms with Crippen LogP contribution >= 0.6 is 0 Å². The summed E-state index contributed by atoms with van der Waals surface area (Å²) in [5.41, 5.74) is 0.506. The average molecular weight is 410 g/mol. The lowest BCUT2D eigenvalue weighted by Crippen LogP contribution is -2.48. The number of carbonyl (C=O) groups excluding carboxylic acids is 1. The van der Waals surface area contributed by atoms with Gasteiger partial charge < -0.3 is 14.5 Å². The van der Waals surface area contributed by atoms with Crippen molar-refractivity contribution >= 4 is 15.9 Å². The molecule has 2 heterocycles. The number of sulfonamides is 1. The predicted octanol–water partition coefficient (Wildman–Crippen LogP) is 1.65. The Kier molecular flexibility index (Phi) is 6.75. The molecule has 2 saturated heterocycles. The number of likely N-dealkylation sites (N-methyl/N-ethyl adjacent to an activating group) is 1. The van der Waals surface area contributed by atoms with E-state index in [0.717, 1.165) is 19.6 Å². The molecule has 1 aromatic carbocycles. The molecule has 0 N–H and O–H groups in total. The molecule has 2 aliphatic rings. The smallest absolute Gasteiger partial charge is 0.253 e. The second-order valence-corrected chi connectivity index (χ2v) is 9.82. The second kappa shape index (κ2) is 8.90. The van der Waals surface area contributed by atoms with Gasteiger partial charge in [0.15, 0.2) is 0 Å². The van der Waals surface area contributed by atoms with Crippen LogP contribution in [0.5, 0.6) is 0 Å². The van der Waals surface area contributed by atoms with Crippen LogP contribution in [-0.2, 0) is 14.8 Å². The van der Waals surface area contributed by atoms with Gasteiger partial charge in [0.25, 0.3) is 5.91 Å². The highest BCUT2D eigenvalue weighted by Crippen LogP contribution is 2.21. The molecule has 28 heavy (non-hydrogen) atoms. The number of hydrogen-bond acceptors (Lipinski definition) is 5. The molecular formula is C20H31N3O4S. The van der Waals surface area contributed by atoms with E-state index in [0.29, 0.717) is 25.2 Å². The highest BCUT2D eigenvalue weighted by molar-refractivity contribution is 7.89. The number of carbonyl (C=O) groups is 1. The first-order valence-corrected chi connectivity index (χ1v) is 11.4. The van der Waals surface area contributed by atoms with Crippen molar-refractivity contribution < 1.29 is 17.9 Å². The van der Waals surface area contributed by atoms with Gasteiger partial charge in [0.1, 0.15) is 0 Å². The van der Waals surface area contributed by atoms with Crippen molar-refractivity contribution in [2.45, 2.75) is 43.8 Å². The number of amides is 1. The molecule has 2 unspecified atom stereocenters. The number of likely N-dealkylation sites (tertiary alicyclic amines) is 1. The van der Waals surface area contributed by atoms with Crippen LogP contribution < -0.4 is 0 Å². The lowest BCUT2D eigenvalue weighted by molar-refractivity contribution is -0.0440. The third-order valence-corrected chi connectivity index (χ3v) is 7.27. The molecule has 2 aliphatic heterocycles. The largest absolute Gasteiger partial charge is 0.373 e. The number of morpholine rings is 1. The molecule has 1 aromatic rings. The molecule has 0 radical (unpaired) electrons. The molecule has 2 fully saturated rings. The van der Waals surface area contributed by atoms with E-state index in [2.05, 4.69) is 4.90 Å². The summed E-state index contributed by atoms with van der Waals surface area (Å²) >= 11 is 0. The minimum atomic E-state index is -3.59. The van der Waals surface area contributed by atoms with Gasteiger partial charge in [-0.1, -0.05) is 0 Å². The molecule has 1 amide bonds. The van der Waals surface area contributed by atoms with Crippen LogP contribution in [0.3, 0.4) is 0 Å². The summed E-state index contributed by atoms with van der Waals surface area (Å²) in [6.45, 7) is 8.18. The van der Waals surface area contributed by atoms with Crippen molar-refractivity contribution in [1.82, 2.24) is 14.1 Å². The Morgan fingerprint density at radius 3 is 2.25 bits per heavy atom. The van der Waals surface area contributed by atoms with Crippen molar-refractivity contribution in [3.8, 4) is 0 Å². The van der Waals surface area contributed by atoms with Gasteiger partial charge >= 0.3 is 0 Å². The number of benzene rings is 1. The van der Waals surface area contributed by atoms with E-state index >= 15 is 0 Å². The summed E-state index contributed by atoms with van der Waals surface area (Å²) in [5.74, 6) is -0.0863. The Morgan fingerprint density at radius 2 is 1.68 bits per heavy atom. The Balaban J connectivity index is 1.64. The molecule has 7 nitrogen and oxygen atoms in total. The fourth-order valence-electron chi connectivity index (χ4n) is 3.87. The van der Waals surface area contributed by atoms with Gasteiger partial charge in [-0.15, -0.1) is 0 Å². The summed E-state index contributed by atoms with van der Waals surface area (Å²) in [6, 6.07) is 6.27. The van der Waals surface area contributed by atoms with Gasteiger partial charge in [0, 0.05) is 38.8 Å². The number of rotatable bonds is 6. The third kappa shape index (κ3) is 4.92. The molecule has 0 saturated carbocycles. The lowest BCUT2D eigenvalue weighted by atomic mass is 10.2. The fourth-order valence-corrected chi connectivity index (χ4v) is 5.46. The van der Waals surface area contributed by atoms with Crippen molar-refractivity contribution in [2.24, 2.45) is 0 Å². The van der Waals surface area contributed by atoms with E-state index in [-0.39, 0.29) is 23.0 Å². The number of hydrogen-bond donors (Lipinski definition) is 0. The normalized spacial score (nSPS) is 24.4. The second-order valence-electron chi connectivity index (χ2n) is 7.88. The first kappa shape index (κ1) is 21.2. The SMILES string of the molecule is CC1CN(S(=O)(=O)c2ccc(C(=O)N(C)CCN3CCCC3)cc2)CC(C)O1. The Bertz CT molecular complexity index is 765. The summed E-state index contributed by atoms with van der Waals surface area (Å²) in [7, 11) is -1.80. The van der Waals surface area contributed by atoms with Crippen molar-refractivity contribution in [3.63, 3.8) is 0 Å². The van der Waals surface area contributed by atoms with Crippen molar-refractivity contribution in [1.29, 1.82) is 0 Å². The van der Waals surface area contributed by atoms with Crippen LogP contribution in [0.4, 0.5) is 0 Å². The molecule has 2 atom stereocenters. The Labute approximate surface area is 168 Å². The third-order valence-electron chi connectivity index (χ3n) is 5.42. The van der Waals surface area contributed by atoms with Gasteiger partial charge in [0.05, 0.1) is 17.1 Å². The molecule has 0 aliphatic carbocycles. The van der Waals surface area contributed by atoms with E-state index in [1.54, 1.807) is 24.1 Å². The summed E-state index contributed by atoms with van der Waals surface area (Å²) < 4.78 is 32.9. The zero-order valence-corrected chi connectivity index (χ0v) is 17.8. The summed E-state index contributed by atoms with van der Waals surface area (Å²) in [4.78, 5) is 16.9. The van der Waals surface area contributed by atoms with E-state index < -0.39 is 10.0 Å². The molecule has 0 aromatic heterocycles. The monoisotopic (exact) mass is 409 g/mol. The van der Waals surface area contributed by atoms with Gasteiger partial charge in [0.2, 0.25) is 10.0 Å². The minimum absolute atomic E-state index is 0.0863. The number of ether oxygens (including phenoxy) is 1. The fraction of sp³-hybridized carbons (Fsp3) is 0.650. The van der Waals surface area contributed by atoms with Gasteiger partial charge in [-0.05, 0) is 64.0 Å². The van der Waals surface area contributed by atoms with Crippen LogP contribution in [0, 0.1) is 0 Å².